The lowest BCUT2D eigenvalue weighted by Crippen LogP contribution is -2.57. The summed E-state index contributed by atoms with van der Waals surface area (Å²) in [5, 5.41) is 0. The summed E-state index contributed by atoms with van der Waals surface area (Å²) < 4.78 is 0. The summed E-state index contributed by atoms with van der Waals surface area (Å²) in [7, 11) is 0. The number of hydrogen-bond donors (Lipinski definition) is 1. The minimum Gasteiger partial charge on any atom is -0.329 e. The minimum absolute atomic E-state index is 0.312. The third kappa shape index (κ3) is 4.26. The van der Waals surface area contributed by atoms with Crippen LogP contribution in [0.3, 0.4) is 0 Å². The van der Waals surface area contributed by atoms with Crippen LogP contribution in [0.15, 0.2) is 0 Å². The van der Waals surface area contributed by atoms with Crippen LogP contribution in [0.4, 0.5) is 0 Å². The lowest BCUT2D eigenvalue weighted by molar-refractivity contribution is 0.0366. The molecule has 1 fully saturated rings. The number of nitrogens with two attached hydrogens (primary N) is 1. The molecule has 0 atom stereocenters. The molecule has 17 heavy (non-hydrogen) atoms. The van der Waals surface area contributed by atoms with E-state index in [1.165, 1.54) is 45.2 Å². The summed E-state index contributed by atoms with van der Waals surface area (Å²) in [6, 6.07) is 0. The van der Waals surface area contributed by atoms with Crippen molar-refractivity contribution in [1.29, 1.82) is 0 Å². The molecule has 1 aliphatic carbocycles. The van der Waals surface area contributed by atoms with Crippen molar-refractivity contribution in [3.05, 3.63) is 0 Å². The van der Waals surface area contributed by atoms with Gasteiger partial charge in [-0.05, 0) is 24.7 Å². The van der Waals surface area contributed by atoms with Gasteiger partial charge in [0, 0.05) is 25.2 Å². The second kappa shape index (κ2) is 6.75. The van der Waals surface area contributed by atoms with E-state index in [-0.39, 0.29) is 0 Å². The van der Waals surface area contributed by atoms with E-state index in [2.05, 4.69) is 32.6 Å². The first-order valence-corrected chi connectivity index (χ1v) is 7.45. The molecule has 2 nitrogen and oxygen atoms in total. The van der Waals surface area contributed by atoms with Crippen molar-refractivity contribution in [2.24, 2.45) is 17.6 Å². The van der Waals surface area contributed by atoms with E-state index in [4.69, 9.17) is 5.73 Å². The fourth-order valence-electron chi connectivity index (χ4n) is 3.20. The van der Waals surface area contributed by atoms with Crippen molar-refractivity contribution < 1.29 is 0 Å². The van der Waals surface area contributed by atoms with Crippen LogP contribution in [0, 0.1) is 11.8 Å². The van der Waals surface area contributed by atoms with E-state index < -0.39 is 0 Å². The molecule has 1 saturated carbocycles. The highest BCUT2D eigenvalue weighted by atomic mass is 15.2. The molecule has 0 spiro atoms. The molecular formula is C15H32N2. The lowest BCUT2D eigenvalue weighted by Gasteiger charge is -2.47. The van der Waals surface area contributed by atoms with Gasteiger partial charge in [0.15, 0.2) is 0 Å². The smallest absolute Gasteiger partial charge is 0.0331 e. The van der Waals surface area contributed by atoms with Crippen molar-refractivity contribution in [3.8, 4) is 0 Å². The molecule has 0 saturated heterocycles. The quantitative estimate of drug-likeness (QED) is 0.772. The van der Waals surface area contributed by atoms with Crippen LogP contribution in [-0.4, -0.2) is 30.1 Å². The Labute approximate surface area is 108 Å². The van der Waals surface area contributed by atoms with Gasteiger partial charge < -0.3 is 5.73 Å². The van der Waals surface area contributed by atoms with E-state index in [0.29, 0.717) is 5.54 Å². The molecule has 0 amide bonds. The highest BCUT2D eigenvalue weighted by Crippen LogP contribution is 2.34. The maximum absolute atomic E-state index is 6.15. The Morgan fingerprint density at radius 3 is 1.76 bits per heavy atom. The Balaban J connectivity index is 2.75. The molecular weight excluding hydrogens is 208 g/mol. The zero-order valence-corrected chi connectivity index (χ0v) is 12.3. The standard InChI is InChI=1S/C15H32N2/c1-13(2)10-17(11-14(3)4)15(12-16)8-6-5-7-9-15/h13-14H,5-12,16H2,1-4H3. The summed E-state index contributed by atoms with van der Waals surface area (Å²) in [5.41, 5.74) is 6.46. The largest absolute Gasteiger partial charge is 0.329 e. The molecule has 0 aromatic heterocycles. The number of rotatable bonds is 6. The van der Waals surface area contributed by atoms with Gasteiger partial charge >= 0.3 is 0 Å². The summed E-state index contributed by atoms with van der Waals surface area (Å²) in [4.78, 5) is 2.71. The van der Waals surface area contributed by atoms with Crippen molar-refractivity contribution >= 4 is 0 Å². The van der Waals surface area contributed by atoms with Crippen molar-refractivity contribution in [2.75, 3.05) is 19.6 Å². The van der Waals surface area contributed by atoms with Gasteiger partial charge in [-0.1, -0.05) is 47.0 Å². The maximum Gasteiger partial charge on any atom is 0.0331 e. The monoisotopic (exact) mass is 240 g/mol. The van der Waals surface area contributed by atoms with Crippen molar-refractivity contribution in [1.82, 2.24) is 4.90 Å². The van der Waals surface area contributed by atoms with E-state index in [0.717, 1.165) is 18.4 Å². The summed E-state index contributed by atoms with van der Waals surface area (Å²) in [6.45, 7) is 12.5. The fraction of sp³-hybridized carbons (Fsp3) is 1.00. The van der Waals surface area contributed by atoms with E-state index >= 15 is 0 Å². The van der Waals surface area contributed by atoms with Gasteiger partial charge in [-0.25, -0.2) is 0 Å². The third-order valence-electron chi connectivity index (χ3n) is 4.01. The minimum atomic E-state index is 0.312. The first-order chi connectivity index (χ1) is 8.00. The molecule has 0 aliphatic heterocycles. The molecule has 102 valence electrons. The van der Waals surface area contributed by atoms with Gasteiger partial charge in [0.2, 0.25) is 0 Å². The van der Waals surface area contributed by atoms with Crippen LogP contribution in [-0.2, 0) is 0 Å². The Hall–Kier alpha value is -0.0800. The first kappa shape index (κ1) is 15.0. The molecule has 0 unspecified atom stereocenters. The molecule has 0 aromatic carbocycles. The predicted molar refractivity (Wildman–Crippen MR) is 76.1 cm³/mol. The van der Waals surface area contributed by atoms with Crippen LogP contribution < -0.4 is 5.73 Å². The molecule has 1 rings (SSSR count). The Morgan fingerprint density at radius 1 is 0.941 bits per heavy atom. The Morgan fingerprint density at radius 2 is 1.41 bits per heavy atom. The molecule has 0 radical (unpaired) electrons. The average molecular weight is 240 g/mol. The van der Waals surface area contributed by atoms with E-state index in [9.17, 15) is 0 Å². The topological polar surface area (TPSA) is 29.3 Å². The summed E-state index contributed by atoms with van der Waals surface area (Å²) in [6.07, 6.45) is 6.75. The highest BCUT2D eigenvalue weighted by Gasteiger charge is 2.36. The Kier molecular flexibility index (Phi) is 5.94. The van der Waals surface area contributed by atoms with Crippen LogP contribution in [0.5, 0.6) is 0 Å². The van der Waals surface area contributed by atoms with Gasteiger partial charge in [0.25, 0.3) is 0 Å². The average Bonchev–Trinajstić information content (AvgIpc) is 2.28. The van der Waals surface area contributed by atoms with Crippen LogP contribution in [0.1, 0.15) is 59.8 Å². The molecule has 0 aromatic rings. The van der Waals surface area contributed by atoms with Gasteiger partial charge in [0.05, 0.1) is 0 Å². The summed E-state index contributed by atoms with van der Waals surface area (Å²) >= 11 is 0. The molecule has 2 heteroatoms. The molecule has 2 N–H and O–H groups in total. The predicted octanol–water partition coefficient (Wildman–Crippen LogP) is 3.26. The zero-order valence-electron chi connectivity index (χ0n) is 12.3. The second-order valence-corrected chi connectivity index (χ2v) is 6.68. The normalized spacial score (nSPS) is 20.5. The number of hydrogen-bond acceptors (Lipinski definition) is 2. The van der Waals surface area contributed by atoms with Crippen LogP contribution >= 0.6 is 0 Å². The van der Waals surface area contributed by atoms with Gasteiger partial charge in [-0.15, -0.1) is 0 Å². The van der Waals surface area contributed by atoms with Gasteiger partial charge in [0.1, 0.15) is 0 Å². The molecule has 0 bridgehead atoms. The second-order valence-electron chi connectivity index (χ2n) is 6.68. The summed E-state index contributed by atoms with van der Waals surface area (Å²) in [5.74, 6) is 1.47. The zero-order chi connectivity index (χ0) is 12.9. The lowest BCUT2D eigenvalue weighted by atomic mass is 9.79. The maximum atomic E-state index is 6.15. The third-order valence-corrected chi connectivity index (χ3v) is 4.01. The van der Waals surface area contributed by atoms with E-state index in [1.807, 2.05) is 0 Å². The van der Waals surface area contributed by atoms with Crippen LogP contribution in [0.2, 0.25) is 0 Å². The SMILES string of the molecule is CC(C)CN(CC(C)C)C1(CN)CCCCC1. The van der Waals surface area contributed by atoms with Gasteiger partial charge in [-0.3, -0.25) is 4.90 Å². The van der Waals surface area contributed by atoms with Crippen molar-refractivity contribution in [2.45, 2.75) is 65.3 Å². The Bertz CT molecular complexity index is 195. The fourth-order valence-corrected chi connectivity index (χ4v) is 3.20. The van der Waals surface area contributed by atoms with E-state index in [1.54, 1.807) is 0 Å². The first-order valence-electron chi connectivity index (χ1n) is 7.45. The molecule has 1 aliphatic rings. The molecule has 0 heterocycles. The highest BCUT2D eigenvalue weighted by molar-refractivity contribution is 4.94. The number of nitrogens with zero attached hydrogens (tertiary/aromatic N) is 1. The van der Waals surface area contributed by atoms with Crippen molar-refractivity contribution in [3.63, 3.8) is 0 Å². The van der Waals surface area contributed by atoms with Crippen LogP contribution in [0.25, 0.3) is 0 Å². The van der Waals surface area contributed by atoms with Gasteiger partial charge in [-0.2, -0.15) is 0 Å².